The van der Waals surface area contributed by atoms with Crippen molar-refractivity contribution in [2.24, 2.45) is 4.99 Å². The third kappa shape index (κ3) is 3.49. The number of thioether (sulfide) groups is 1. The summed E-state index contributed by atoms with van der Waals surface area (Å²) in [6, 6.07) is 0. The molecule has 2 N–H and O–H groups in total. The standard InChI is InChI=1S/C12H19N3O2S/c16-7-3-1-2-4-13-11(17)8-10-9-18-12-14-5-6-15(10)12/h9,16H,1-8H2,(H,13,17). The fraction of sp³-hybridized carbons (Fsp3) is 0.667. The Morgan fingerprint density at radius 1 is 1.50 bits per heavy atom. The Morgan fingerprint density at radius 3 is 3.22 bits per heavy atom. The third-order valence-electron chi connectivity index (χ3n) is 2.95. The number of hydrogen-bond donors (Lipinski definition) is 2. The predicted octanol–water partition coefficient (Wildman–Crippen LogP) is 0.915. The van der Waals surface area contributed by atoms with Crippen LogP contribution in [0, 0.1) is 0 Å². The Hall–Kier alpha value is -1.01. The molecular formula is C12H19N3O2S. The molecular weight excluding hydrogens is 250 g/mol. The molecule has 0 aromatic rings. The highest BCUT2D eigenvalue weighted by atomic mass is 32.2. The normalized spacial score (nSPS) is 17.5. The number of amides is 1. The van der Waals surface area contributed by atoms with Crippen LogP contribution >= 0.6 is 11.8 Å². The number of carbonyl (C=O) groups excluding carboxylic acids is 1. The van der Waals surface area contributed by atoms with Gasteiger partial charge in [0.25, 0.3) is 0 Å². The molecule has 0 fully saturated rings. The molecule has 0 aromatic heterocycles. The zero-order valence-corrected chi connectivity index (χ0v) is 11.2. The van der Waals surface area contributed by atoms with E-state index in [0.717, 1.165) is 43.2 Å². The van der Waals surface area contributed by atoms with Crippen LogP contribution in [0.5, 0.6) is 0 Å². The van der Waals surface area contributed by atoms with Crippen LogP contribution < -0.4 is 5.32 Å². The van der Waals surface area contributed by atoms with Gasteiger partial charge in [-0.15, -0.1) is 0 Å². The highest BCUT2D eigenvalue weighted by Gasteiger charge is 2.27. The van der Waals surface area contributed by atoms with Gasteiger partial charge in [-0.3, -0.25) is 9.79 Å². The maximum absolute atomic E-state index is 11.7. The topological polar surface area (TPSA) is 64.9 Å². The summed E-state index contributed by atoms with van der Waals surface area (Å²) in [5.74, 6) is 0.0685. The van der Waals surface area contributed by atoms with E-state index in [1.54, 1.807) is 11.8 Å². The number of rotatable bonds is 7. The van der Waals surface area contributed by atoms with E-state index in [1.807, 2.05) is 5.41 Å². The van der Waals surface area contributed by atoms with Crippen molar-refractivity contribution >= 4 is 22.8 Å². The van der Waals surface area contributed by atoms with Crippen LogP contribution in [0.1, 0.15) is 25.7 Å². The van der Waals surface area contributed by atoms with Gasteiger partial charge in [0.1, 0.15) is 0 Å². The second-order valence-corrected chi connectivity index (χ2v) is 5.19. The van der Waals surface area contributed by atoms with Gasteiger partial charge < -0.3 is 15.3 Å². The quantitative estimate of drug-likeness (QED) is 0.674. The second kappa shape index (κ2) is 6.80. The summed E-state index contributed by atoms with van der Waals surface area (Å²) in [7, 11) is 0. The first-order chi connectivity index (χ1) is 8.81. The highest BCUT2D eigenvalue weighted by Crippen LogP contribution is 2.30. The number of aliphatic imine (C=N–C) groups is 1. The van der Waals surface area contributed by atoms with Gasteiger partial charge in [-0.1, -0.05) is 11.8 Å². The van der Waals surface area contributed by atoms with E-state index in [-0.39, 0.29) is 12.5 Å². The number of nitrogens with one attached hydrogen (secondary N) is 1. The molecule has 0 saturated heterocycles. The van der Waals surface area contributed by atoms with Gasteiger partial charge >= 0.3 is 0 Å². The lowest BCUT2D eigenvalue weighted by Crippen LogP contribution is -2.29. The molecule has 6 heteroatoms. The Bertz CT molecular complexity index is 368. The van der Waals surface area contributed by atoms with Gasteiger partial charge in [0.15, 0.2) is 5.17 Å². The molecule has 0 saturated carbocycles. The van der Waals surface area contributed by atoms with Crippen LogP contribution in [-0.2, 0) is 4.79 Å². The maximum atomic E-state index is 11.7. The monoisotopic (exact) mass is 269 g/mol. The molecule has 2 aliphatic rings. The highest BCUT2D eigenvalue weighted by molar-refractivity contribution is 8.16. The Labute approximate surface area is 111 Å². The van der Waals surface area contributed by atoms with Gasteiger partial charge in [-0.05, 0) is 24.7 Å². The van der Waals surface area contributed by atoms with E-state index in [9.17, 15) is 4.79 Å². The van der Waals surface area contributed by atoms with Crippen molar-refractivity contribution < 1.29 is 9.90 Å². The van der Waals surface area contributed by atoms with Gasteiger partial charge in [-0.2, -0.15) is 0 Å². The van der Waals surface area contributed by atoms with Crippen LogP contribution in [0.25, 0.3) is 0 Å². The Morgan fingerprint density at radius 2 is 2.39 bits per heavy atom. The molecule has 0 unspecified atom stereocenters. The van der Waals surface area contributed by atoms with E-state index < -0.39 is 0 Å². The minimum Gasteiger partial charge on any atom is -0.396 e. The van der Waals surface area contributed by atoms with Crippen molar-refractivity contribution in [3.05, 3.63) is 11.1 Å². The van der Waals surface area contributed by atoms with E-state index in [4.69, 9.17) is 5.11 Å². The smallest absolute Gasteiger partial charge is 0.225 e. The molecule has 2 aliphatic heterocycles. The first-order valence-electron chi connectivity index (χ1n) is 6.36. The van der Waals surface area contributed by atoms with Crippen molar-refractivity contribution in [3.63, 3.8) is 0 Å². The van der Waals surface area contributed by atoms with Crippen LogP contribution in [0.15, 0.2) is 16.1 Å². The summed E-state index contributed by atoms with van der Waals surface area (Å²) in [6.45, 7) is 2.66. The molecule has 0 atom stereocenters. The Balaban J connectivity index is 1.64. The van der Waals surface area contributed by atoms with E-state index in [0.29, 0.717) is 13.0 Å². The summed E-state index contributed by atoms with van der Waals surface area (Å²) in [4.78, 5) is 18.2. The minimum atomic E-state index is 0.0685. The maximum Gasteiger partial charge on any atom is 0.225 e. The average Bonchev–Trinajstić information content (AvgIpc) is 2.94. The lowest BCUT2D eigenvalue weighted by atomic mass is 10.2. The van der Waals surface area contributed by atoms with Gasteiger partial charge in [-0.25, -0.2) is 0 Å². The molecule has 2 rings (SSSR count). The number of fused-ring (bicyclic) bond motifs is 1. The summed E-state index contributed by atoms with van der Waals surface area (Å²) in [6.07, 6.45) is 3.13. The molecule has 18 heavy (non-hydrogen) atoms. The lowest BCUT2D eigenvalue weighted by molar-refractivity contribution is -0.120. The van der Waals surface area contributed by atoms with E-state index >= 15 is 0 Å². The number of nitrogens with zero attached hydrogens (tertiary/aromatic N) is 2. The molecule has 0 radical (unpaired) electrons. The number of aliphatic hydroxyl groups excluding tert-OH is 1. The summed E-state index contributed by atoms with van der Waals surface area (Å²) in [5, 5.41) is 14.6. The molecule has 0 aliphatic carbocycles. The molecule has 0 bridgehead atoms. The summed E-state index contributed by atoms with van der Waals surface area (Å²) in [5.41, 5.74) is 1.06. The number of carbonyl (C=O) groups is 1. The van der Waals surface area contributed by atoms with Crippen molar-refractivity contribution in [1.29, 1.82) is 0 Å². The van der Waals surface area contributed by atoms with Crippen LogP contribution in [0.2, 0.25) is 0 Å². The van der Waals surface area contributed by atoms with Gasteiger partial charge in [0.2, 0.25) is 5.91 Å². The molecule has 2 heterocycles. The number of amidine groups is 1. The first kappa shape index (κ1) is 13.4. The van der Waals surface area contributed by atoms with E-state index in [2.05, 4.69) is 15.2 Å². The average molecular weight is 269 g/mol. The second-order valence-electron chi connectivity index (χ2n) is 4.35. The van der Waals surface area contributed by atoms with Crippen molar-refractivity contribution in [3.8, 4) is 0 Å². The fourth-order valence-electron chi connectivity index (χ4n) is 1.98. The molecule has 100 valence electrons. The van der Waals surface area contributed by atoms with Crippen molar-refractivity contribution in [2.45, 2.75) is 25.7 Å². The number of aliphatic hydroxyl groups is 1. The molecule has 0 aromatic carbocycles. The molecule has 0 spiro atoms. The zero-order valence-electron chi connectivity index (χ0n) is 10.4. The van der Waals surface area contributed by atoms with Crippen molar-refractivity contribution in [2.75, 3.05) is 26.2 Å². The van der Waals surface area contributed by atoms with Gasteiger partial charge in [0, 0.05) is 25.4 Å². The third-order valence-corrected chi connectivity index (χ3v) is 3.90. The Kier molecular flexibility index (Phi) is 5.07. The van der Waals surface area contributed by atoms with Gasteiger partial charge in [0.05, 0.1) is 13.0 Å². The predicted molar refractivity (Wildman–Crippen MR) is 73.2 cm³/mol. The van der Waals surface area contributed by atoms with Crippen LogP contribution in [0.4, 0.5) is 0 Å². The summed E-state index contributed by atoms with van der Waals surface area (Å²) >= 11 is 1.60. The zero-order chi connectivity index (χ0) is 12.8. The lowest BCUT2D eigenvalue weighted by Gasteiger charge is -2.16. The molecule has 1 amide bonds. The number of unbranched alkanes of at least 4 members (excludes halogenated alkanes) is 2. The SMILES string of the molecule is O=C(CC1=CSC2=NCCN12)NCCCCCO. The van der Waals surface area contributed by atoms with Crippen LogP contribution in [0.3, 0.4) is 0 Å². The van der Waals surface area contributed by atoms with Crippen molar-refractivity contribution in [1.82, 2.24) is 10.2 Å². The number of hydrogen-bond acceptors (Lipinski definition) is 5. The minimum absolute atomic E-state index is 0.0685. The van der Waals surface area contributed by atoms with Crippen LogP contribution in [-0.4, -0.2) is 47.3 Å². The summed E-state index contributed by atoms with van der Waals surface area (Å²) < 4.78 is 0. The molecule has 5 nitrogen and oxygen atoms in total. The fourth-order valence-corrected chi connectivity index (χ4v) is 2.94. The first-order valence-corrected chi connectivity index (χ1v) is 7.24. The largest absolute Gasteiger partial charge is 0.396 e. The van der Waals surface area contributed by atoms with E-state index in [1.165, 1.54) is 0 Å².